The molecule has 0 aliphatic carbocycles. The normalized spacial score (nSPS) is 17.0. The Labute approximate surface area is 117 Å². The largest absolute Gasteiger partial charge is 0.481 e. The number of carboxylic acids is 1. The molecule has 1 saturated heterocycles. The third-order valence-corrected chi connectivity index (χ3v) is 3.38. The van der Waals surface area contributed by atoms with Gasteiger partial charge in [-0.25, -0.2) is 4.68 Å². The zero-order chi connectivity index (χ0) is 15.6. The number of aromatic nitrogens is 2. The molecule has 2 rings (SSSR count). The molecule has 0 aromatic carbocycles. The SMILES string of the molecule is O=C(O)C(Cn1ncc(N2CCCC2)cc1=O)C(F)(F)F. The first-order chi connectivity index (χ1) is 9.79. The van der Waals surface area contributed by atoms with Crippen LogP contribution in [0.3, 0.4) is 0 Å². The fourth-order valence-corrected chi connectivity index (χ4v) is 2.20. The van der Waals surface area contributed by atoms with E-state index in [4.69, 9.17) is 5.11 Å². The molecule has 1 aliphatic rings. The summed E-state index contributed by atoms with van der Waals surface area (Å²) in [5, 5.41) is 12.3. The molecule has 0 saturated carbocycles. The smallest absolute Gasteiger partial charge is 0.404 e. The van der Waals surface area contributed by atoms with Crippen molar-refractivity contribution in [3.63, 3.8) is 0 Å². The van der Waals surface area contributed by atoms with Crippen molar-refractivity contribution in [1.82, 2.24) is 9.78 Å². The van der Waals surface area contributed by atoms with Gasteiger partial charge in [0, 0.05) is 19.2 Å². The molecule has 6 nitrogen and oxygen atoms in total. The summed E-state index contributed by atoms with van der Waals surface area (Å²) < 4.78 is 38.3. The lowest BCUT2D eigenvalue weighted by atomic mass is 10.1. The number of hydrogen-bond donors (Lipinski definition) is 1. The lowest BCUT2D eigenvalue weighted by Crippen LogP contribution is -2.38. The second-order valence-electron chi connectivity index (χ2n) is 4.86. The summed E-state index contributed by atoms with van der Waals surface area (Å²) >= 11 is 0. The summed E-state index contributed by atoms with van der Waals surface area (Å²) in [6.45, 7) is 0.509. The van der Waals surface area contributed by atoms with Gasteiger partial charge >= 0.3 is 12.1 Å². The fourth-order valence-electron chi connectivity index (χ4n) is 2.20. The lowest BCUT2D eigenvalue weighted by Gasteiger charge is -2.19. The highest BCUT2D eigenvalue weighted by molar-refractivity contribution is 5.70. The van der Waals surface area contributed by atoms with Gasteiger partial charge in [-0.05, 0) is 12.8 Å². The highest BCUT2D eigenvalue weighted by atomic mass is 19.4. The number of rotatable bonds is 4. The number of hydrogen-bond acceptors (Lipinski definition) is 4. The Balaban J connectivity index is 2.21. The molecule has 9 heteroatoms. The monoisotopic (exact) mass is 305 g/mol. The Bertz CT molecular complexity index is 579. The van der Waals surface area contributed by atoms with Crippen molar-refractivity contribution in [3.8, 4) is 0 Å². The van der Waals surface area contributed by atoms with Crippen LogP contribution >= 0.6 is 0 Å². The summed E-state index contributed by atoms with van der Waals surface area (Å²) in [6, 6.07) is 1.19. The van der Waals surface area contributed by atoms with Crippen molar-refractivity contribution in [2.24, 2.45) is 5.92 Å². The average molecular weight is 305 g/mol. The molecule has 0 bridgehead atoms. The van der Waals surface area contributed by atoms with Crippen molar-refractivity contribution < 1.29 is 23.1 Å². The van der Waals surface area contributed by atoms with Gasteiger partial charge in [0.05, 0.1) is 18.4 Å². The van der Waals surface area contributed by atoms with Crippen LogP contribution in [0.25, 0.3) is 0 Å². The van der Waals surface area contributed by atoms with Gasteiger partial charge in [0.15, 0.2) is 5.92 Å². The third kappa shape index (κ3) is 3.53. The van der Waals surface area contributed by atoms with Crippen LogP contribution in [0.15, 0.2) is 17.1 Å². The Hall–Kier alpha value is -2.06. The molecule has 1 aliphatic heterocycles. The van der Waals surface area contributed by atoms with E-state index >= 15 is 0 Å². The zero-order valence-electron chi connectivity index (χ0n) is 11.0. The summed E-state index contributed by atoms with van der Waals surface area (Å²) in [6.07, 6.45) is -1.67. The van der Waals surface area contributed by atoms with Crippen molar-refractivity contribution >= 4 is 11.7 Å². The van der Waals surface area contributed by atoms with Crippen LogP contribution < -0.4 is 10.5 Å². The number of anilines is 1. The van der Waals surface area contributed by atoms with Crippen molar-refractivity contribution in [1.29, 1.82) is 0 Å². The molecule has 1 N–H and O–H groups in total. The van der Waals surface area contributed by atoms with Crippen LogP contribution in [0.5, 0.6) is 0 Å². The third-order valence-electron chi connectivity index (χ3n) is 3.38. The van der Waals surface area contributed by atoms with Crippen molar-refractivity contribution in [2.45, 2.75) is 25.6 Å². The molecule has 1 aromatic rings. The number of aliphatic carboxylic acids is 1. The quantitative estimate of drug-likeness (QED) is 0.902. The Kier molecular flexibility index (Phi) is 4.19. The Morgan fingerprint density at radius 1 is 1.38 bits per heavy atom. The van der Waals surface area contributed by atoms with E-state index in [0.717, 1.165) is 25.9 Å². The minimum absolute atomic E-state index is 0.534. The van der Waals surface area contributed by atoms with Crippen LogP contribution in [0, 0.1) is 5.92 Å². The summed E-state index contributed by atoms with van der Waals surface area (Å²) in [5.74, 6) is -4.68. The van der Waals surface area contributed by atoms with Crippen LogP contribution in [-0.4, -0.2) is 40.1 Å². The Morgan fingerprint density at radius 3 is 2.48 bits per heavy atom. The van der Waals surface area contributed by atoms with Gasteiger partial charge in [0.25, 0.3) is 5.56 Å². The van der Waals surface area contributed by atoms with Crippen LogP contribution in [0.1, 0.15) is 12.8 Å². The molecular formula is C12H14F3N3O3. The molecule has 1 aromatic heterocycles. The van der Waals surface area contributed by atoms with Gasteiger partial charge < -0.3 is 10.0 Å². The van der Waals surface area contributed by atoms with Crippen LogP contribution in [-0.2, 0) is 11.3 Å². The predicted octanol–water partition coefficient (Wildman–Crippen LogP) is 1.11. The highest BCUT2D eigenvalue weighted by Gasteiger charge is 2.45. The first kappa shape index (κ1) is 15.3. The van der Waals surface area contributed by atoms with E-state index in [1.54, 1.807) is 0 Å². The molecular weight excluding hydrogens is 291 g/mol. The number of carboxylic acid groups (broad SMARTS) is 1. The predicted molar refractivity (Wildman–Crippen MR) is 67.1 cm³/mol. The van der Waals surface area contributed by atoms with Gasteiger partial charge in [-0.15, -0.1) is 0 Å². The molecule has 1 unspecified atom stereocenters. The van der Waals surface area contributed by atoms with Crippen molar-refractivity contribution in [2.75, 3.05) is 18.0 Å². The number of alkyl halides is 3. The zero-order valence-corrected chi connectivity index (χ0v) is 11.0. The fraction of sp³-hybridized carbons (Fsp3) is 0.583. The van der Waals surface area contributed by atoms with Gasteiger partial charge in [-0.3, -0.25) is 9.59 Å². The maximum absolute atomic E-state index is 12.6. The van der Waals surface area contributed by atoms with Crippen LogP contribution in [0.4, 0.5) is 18.9 Å². The summed E-state index contributed by atoms with van der Waals surface area (Å²) in [5.41, 5.74) is -0.192. The topological polar surface area (TPSA) is 75.4 Å². The molecule has 2 heterocycles. The standard InChI is InChI=1S/C12H14F3N3O3/c13-12(14,15)9(11(20)21)7-18-10(19)5-8(6-16-18)17-3-1-2-4-17/h5-6,9H,1-4,7H2,(H,20,21). The Morgan fingerprint density at radius 2 is 2.00 bits per heavy atom. The number of nitrogens with zero attached hydrogens (tertiary/aromatic N) is 3. The van der Waals surface area contributed by atoms with E-state index in [-0.39, 0.29) is 0 Å². The molecule has 21 heavy (non-hydrogen) atoms. The van der Waals surface area contributed by atoms with Crippen LogP contribution in [0.2, 0.25) is 0 Å². The van der Waals surface area contributed by atoms with E-state index in [2.05, 4.69) is 5.10 Å². The van der Waals surface area contributed by atoms with Gasteiger partial charge in [0.2, 0.25) is 0 Å². The first-order valence-electron chi connectivity index (χ1n) is 6.40. The maximum Gasteiger partial charge on any atom is 0.404 e. The van der Waals surface area contributed by atoms with Gasteiger partial charge in [-0.1, -0.05) is 0 Å². The van der Waals surface area contributed by atoms with E-state index in [1.165, 1.54) is 12.3 Å². The molecule has 1 fully saturated rings. The van der Waals surface area contributed by atoms with Gasteiger partial charge in [-0.2, -0.15) is 18.3 Å². The molecule has 116 valence electrons. The minimum atomic E-state index is -4.93. The summed E-state index contributed by atoms with van der Waals surface area (Å²) in [4.78, 5) is 24.4. The molecule has 0 amide bonds. The molecule has 1 atom stereocenters. The number of carbonyl (C=O) groups is 1. The maximum atomic E-state index is 12.6. The lowest BCUT2D eigenvalue weighted by molar-refractivity contribution is -0.196. The van der Waals surface area contributed by atoms with E-state index in [1.807, 2.05) is 4.90 Å². The van der Waals surface area contributed by atoms with E-state index in [0.29, 0.717) is 10.4 Å². The van der Waals surface area contributed by atoms with E-state index < -0.39 is 30.2 Å². The summed E-state index contributed by atoms with van der Waals surface area (Å²) in [7, 11) is 0. The number of halogens is 3. The second-order valence-corrected chi connectivity index (χ2v) is 4.86. The second kappa shape index (κ2) is 5.74. The minimum Gasteiger partial charge on any atom is -0.481 e. The molecule has 0 radical (unpaired) electrons. The average Bonchev–Trinajstić information content (AvgIpc) is 2.89. The molecule has 0 spiro atoms. The van der Waals surface area contributed by atoms with Crippen molar-refractivity contribution in [3.05, 3.63) is 22.6 Å². The first-order valence-corrected chi connectivity index (χ1v) is 6.40. The van der Waals surface area contributed by atoms with E-state index in [9.17, 15) is 22.8 Å². The highest BCUT2D eigenvalue weighted by Crippen LogP contribution is 2.27. The van der Waals surface area contributed by atoms with Gasteiger partial charge in [0.1, 0.15) is 0 Å².